The quantitative estimate of drug-likeness (QED) is 0.585. The third-order valence-electron chi connectivity index (χ3n) is 1.57. The van der Waals surface area contributed by atoms with Gasteiger partial charge in [0, 0.05) is 3.57 Å². The number of esters is 1. The molecular weight excluding hydrogens is 310 g/mol. The number of rotatable bonds is 1. The molecule has 0 atom stereocenters. The first kappa shape index (κ1) is 12.4. The van der Waals surface area contributed by atoms with Gasteiger partial charge in [0.1, 0.15) is 17.0 Å². The van der Waals surface area contributed by atoms with Gasteiger partial charge in [-0.3, -0.25) is 0 Å². The van der Waals surface area contributed by atoms with Gasteiger partial charge in [0.25, 0.3) is 0 Å². The third kappa shape index (κ3) is 3.44. The summed E-state index contributed by atoms with van der Waals surface area (Å²) in [5.74, 6) is -1.17. The molecule has 0 aliphatic carbocycles. The van der Waals surface area contributed by atoms with E-state index in [4.69, 9.17) is 4.74 Å². The van der Waals surface area contributed by atoms with Crippen LogP contribution in [0, 0.1) is 9.39 Å². The van der Waals surface area contributed by atoms with Gasteiger partial charge in [-0.2, -0.15) is 0 Å². The van der Waals surface area contributed by atoms with E-state index in [9.17, 15) is 9.18 Å². The fourth-order valence-corrected chi connectivity index (χ4v) is 1.71. The van der Waals surface area contributed by atoms with Gasteiger partial charge in [0.15, 0.2) is 0 Å². The fraction of sp³-hybridized carbons (Fsp3) is 0.364. The molecule has 0 fully saturated rings. The minimum Gasteiger partial charge on any atom is -0.456 e. The molecule has 82 valence electrons. The van der Waals surface area contributed by atoms with E-state index in [1.165, 1.54) is 6.07 Å². The lowest BCUT2D eigenvalue weighted by Crippen LogP contribution is -2.25. The summed E-state index contributed by atoms with van der Waals surface area (Å²) in [6.07, 6.45) is 0. The molecule has 1 aromatic carbocycles. The van der Waals surface area contributed by atoms with Gasteiger partial charge in [0.2, 0.25) is 0 Å². The second-order valence-electron chi connectivity index (χ2n) is 4.10. The number of hydrogen-bond acceptors (Lipinski definition) is 2. The zero-order chi connectivity index (χ0) is 11.6. The highest BCUT2D eigenvalue weighted by molar-refractivity contribution is 14.1. The number of hydrogen-bond donors (Lipinski definition) is 0. The Morgan fingerprint density at radius 2 is 2.00 bits per heavy atom. The van der Waals surface area contributed by atoms with Crippen molar-refractivity contribution >= 4 is 28.6 Å². The lowest BCUT2D eigenvalue weighted by molar-refractivity contribution is 0.00634. The molecule has 0 unspecified atom stereocenters. The Morgan fingerprint density at radius 1 is 1.40 bits per heavy atom. The van der Waals surface area contributed by atoms with Gasteiger partial charge in [0.05, 0.1) is 0 Å². The molecule has 0 N–H and O–H groups in total. The van der Waals surface area contributed by atoms with Gasteiger partial charge in [-0.1, -0.05) is 6.07 Å². The molecule has 0 saturated carbocycles. The fourth-order valence-electron chi connectivity index (χ4n) is 1.02. The van der Waals surface area contributed by atoms with Crippen LogP contribution in [0.25, 0.3) is 0 Å². The monoisotopic (exact) mass is 322 g/mol. The molecule has 15 heavy (non-hydrogen) atoms. The molecule has 0 aromatic heterocycles. The average Bonchev–Trinajstić information content (AvgIpc) is 1.99. The molecule has 1 rings (SSSR count). The maximum absolute atomic E-state index is 13.4. The summed E-state index contributed by atoms with van der Waals surface area (Å²) in [7, 11) is 0. The van der Waals surface area contributed by atoms with Crippen molar-refractivity contribution in [2.24, 2.45) is 0 Å². The molecule has 0 aliphatic heterocycles. The van der Waals surface area contributed by atoms with Crippen LogP contribution in [0.15, 0.2) is 18.2 Å². The van der Waals surface area contributed by atoms with Gasteiger partial charge < -0.3 is 4.74 Å². The van der Waals surface area contributed by atoms with Crippen LogP contribution in [0.5, 0.6) is 0 Å². The molecule has 0 radical (unpaired) electrons. The largest absolute Gasteiger partial charge is 0.456 e. The summed E-state index contributed by atoms with van der Waals surface area (Å²) in [5.41, 5.74) is -0.601. The summed E-state index contributed by atoms with van der Waals surface area (Å²) in [5, 5.41) is 0. The third-order valence-corrected chi connectivity index (χ3v) is 2.46. The molecule has 0 spiro atoms. The Labute approximate surface area is 102 Å². The zero-order valence-electron chi connectivity index (χ0n) is 8.80. The topological polar surface area (TPSA) is 26.3 Å². The lowest BCUT2D eigenvalue weighted by atomic mass is 10.1. The molecule has 0 heterocycles. The molecule has 2 nitrogen and oxygen atoms in total. The Balaban J connectivity index is 3.02. The van der Waals surface area contributed by atoms with Crippen LogP contribution in [0.3, 0.4) is 0 Å². The van der Waals surface area contributed by atoms with Crippen LogP contribution < -0.4 is 0 Å². The second-order valence-corrected chi connectivity index (χ2v) is 5.26. The Morgan fingerprint density at radius 3 is 2.47 bits per heavy atom. The van der Waals surface area contributed by atoms with E-state index in [2.05, 4.69) is 0 Å². The zero-order valence-corrected chi connectivity index (χ0v) is 11.0. The molecule has 0 aliphatic rings. The predicted molar refractivity (Wildman–Crippen MR) is 64.3 cm³/mol. The first-order valence-corrected chi connectivity index (χ1v) is 5.56. The maximum Gasteiger partial charge on any atom is 0.342 e. The molecule has 4 heteroatoms. The van der Waals surface area contributed by atoms with Crippen LogP contribution in [0.2, 0.25) is 0 Å². The van der Waals surface area contributed by atoms with Crippen molar-refractivity contribution in [2.45, 2.75) is 26.4 Å². The van der Waals surface area contributed by atoms with Crippen molar-refractivity contribution in [1.29, 1.82) is 0 Å². The van der Waals surface area contributed by atoms with Crippen molar-refractivity contribution in [1.82, 2.24) is 0 Å². The highest BCUT2D eigenvalue weighted by Crippen LogP contribution is 2.19. The first-order valence-electron chi connectivity index (χ1n) is 4.48. The number of carbonyl (C=O) groups excluding carboxylic acids is 1. The minimum atomic E-state index is -0.620. The number of carbonyl (C=O) groups is 1. The SMILES string of the molecule is CC(C)(C)OC(=O)c1c(F)cccc1I. The Hall–Kier alpha value is -0.650. The van der Waals surface area contributed by atoms with E-state index in [0.29, 0.717) is 3.57 Å². The standard InChI is InChI=1S/C11H12FIO2/c1-11(2,3)15-10(14)9-7(12)5-4-6-8(9)13/h4-6H,1-3H3. The predicted octanol–water partition coefficient (Wildman–Crippen LogP) is 3.39. The van der Waals surface area contributed by atoms with Crippen LogP contribution in [-0.2, 0) is 4.74 Å². The van der Waals surface area contributed by atoms with Gasteiger partial charge in [-0.15, -0.1) is 0 Å². The average molecular weight is 322 g/mol. The molecule has 0 amide bonds. The van der Waals surface area contributed by atoms with Crippen LogP contribution >= 0.6 is 22.6 Å². The summed E-state index contributed by atoms with van der Waals surface area (Å²) in [6, 6.07) is 4.48. The number of ether oxygens (including phenoxy) is 1. The first-order chi connectivity index (χ1) is 6.81. The van der Waals surface area contributed by atoms with Gasteiger partial charge in [-0.05, 0) is 55.5 Å². The van der Waals surface area contributed by atoms with Crippen LogP contribution in [-0.4, -0.2) is 11.6 Å². The van der Waals surface area contributed by atoms with Crippen LogP contribution in [0.4, 0.5) is 4.39 Å². The van der Waals surface area contributed by atoms with E-state index in [1.54, 1.807) is 32.9 Å². The van der Waals surface area contributed by atoms with E-state index < -0.39 is 17.4 Å². The highest BCUT2D eigenvalue weighted by Gasteiger charge is 2.22. The summed E-state index contributed by atoms with van der Waals surface area (Å²) in [6.45, 7) is 5.25. The summed E-state index contributed by atoms with van der Waals surface area (Å²) >= 11 is 1.91. The van der Waals surface area contributed by atoms with Gasteiger partial charge in [-0.25, -0.2) is 9.18 Å². The van der Waals surface area contributed by atoms with Crippen molar-refractivity contribution < 1.29 is 13.9 Å². The molecule has 0 bridgehead atoms. The minimum absolute atomic E-state index is 0.00743. The van der Waals surface area contributed by atoms with E-state index in [0.717, 1.165) is 0 Å². The highest BCUT2D eigenvalue weighted by atomic mass is 127. The van der Waals surface area contributed by atoms with Crippen LogP contribution in [0.1, 0.15) is 31.1 Å². The Bertz CT molecular complexity index is 362. The number of benzene rings is 1. The van der Waals surface area contributed by atoms with Crippen molar-refractivity contribution in [2.75, 3.05) is 0 Å². The summed E-state index contributed by atoms with van der Waals surface area (Å²) < 4.78 is 19.0. The van der Waals surface area contributed by atoms with Crippen molar-refractivity contribution in [3.63, 3.8) is 0 Å². The normalized spacial score (nSPS) is 11.3. The van der Waals surface area contributed by atoms with E-state index in [-0.39, 0.29) is 5.56 Å². The van der Waals surface area contributed by atoms with Crippen molar-refractivity contribution in [3.05, 3.63) is 33.1 Å². The molecule has 0 saturated heterocycles. The lowest BCUT2D eigenvalue weighted by Gasteiger charge is -2.20. The smallest absolute Gasteiger partial charge is 0.342 e. The van der Waals surface area contributed by atoms with Crippen molar-refractivity contribution in [3.8, 4) is 0 Å². The maximum atomic E-state index is 13.4. The summed E-state index contributed by atoms with van der Waals surface area (Å²) in [4.78, 5) is 11.6. The molecule has 1 aromatic rings. The molecular formula is C11H12FIO2. The second kappa shape index (κ2) is 4.47. The number of halogens is 2. The Kier molecular flexibility index (Phi) is 3.70. The van der Waals surface area contributed by atoms with E-state index >= 15 is 0 Å². The van der Waals surface area contributed by atoms with Gasteiger partial charge >= 0.3 is 5.97 Å². The van der Waals surface area contributed by atoms with E-state index in [1.807, 2.05) is 22.6 Å².